The van der Waals surface area contributed by atoms with Crippen LogP contribution in [0.25, 0.3) is 0 Å². The molecule has 26 heavy (non-hydrogen) atoms. The predicted molar refractivity (Wildman–Crippen MR) is 98.0 cm³/mol. The Kier molecular flexibility index (Phi) is 4.69. The number of hydrogen-bond acceptors (Lipinski definition) is 5. The van der Waals surface area contributed by atoms with E-state index in [0.717, 1.165) is 31.9 Å². The maximum absolute atomic E-state index is 13.1. The van der Waals surface area contributed by atoms with Crippen LogP contribution >= 0.6 is 0 Å². The first-order chi connectivity index (χ1) is 12.7. The summed E-state index contributed by atoms with van der Waals surface area (Å²) in [6, 6.07) is 6.48. The molecule has 0 N–H and O–H groups in total. The maximum atomic E-state index is 13.1. The number of carbonyl (C=O) groups excluding carboxylic acids is 1. The number of rotatable bonds is 3. The minimum atomic E-state index is -0.236. The van der Waals surface area contributed by atoms with Gasteiger partial charge in [0.1, 0.15) is 5.82 Å². The van der Waals surface area contributed by atoms with E-state index in [1.165, 1.54) is 25.0 Å². The number of aromatic nitrogens is 2. The maximum Gasteiger partial charge on any atom is 0.257 e. The predicted octanol–water partition coefficient (Wildman–Crippen LogP) is 2.18. The van der Waals surface area contributed by atoms with E-state index in [4.69, 9.17) is 0 Å². The molecule has 0 aliphatic carbocycles. The summed E-state index contributed by atoms with van der Waals surface area (Å²) in [5.41, 5.74) is 1.51. The minimum Gasteiger partial charge on any atom is -0.368 e. The molecule has 2 saturated heterocycles. The average molecular weight is 355 g/mol. The molecule has 2 aromatic rings. The zero-order chi connectivity index (χ0) is 17.9. The third kappa shape index (κ3) is 3.47. The van der Waals surface area contributed by atoms with Crippen LogP contribution in [0.15, 0.2) is 36.7 Å². The van der Waals surface area contributed by atoms with Gasteiger partial charge in [-0.1, -0.05) is 0 Å². The van der Waals surface area contributed by atoms with Crippen LogP contribution in [0.5, 0.6) is 0 Å². The number of piperazine rings is 1. The minimum absolute atomic E-state index is 0.0308. The molecule has 1 amide bonds. The molecule has 2 aliphatic rings. The van der Waals surface area contributed by atoms with Gasteiger partial charge in [-0.25, -0.2) is 14.4 Å². The zero-order valence-corrected chi connectivity index (χ0v) is 14.6. The largest absolute Gasteiger partial charge is 0.368 e. The summed E-state index contributed by atoms with van der Waals surface area (Å²) in [6.07, 6.45) is 5.61. The highest BCUT2D eigenvalue weighted by Crippen LogP contribution is 2.19. The van der Waals surface area contributed by atoms with Crippen LogP contribution in [-0.4, -0.2) is 60.0 Å². The summed E-state index contributed by atoms with van der Waals surface area (Å²) in [4.78, 5) is 27.6. The first kappa shape index (κ1) is 16.8. The topological polar surface area (TPSA) is 52.6 Å². The molecule has 0 radical (unpaired) electrons. The van der Waals surface area contributed by atoms with Crippen LogP contribution in [0.1, 0.15) is 23.2 Å². The Morgan fingerprint density at radius 1 is 0.846 bits per heavy atom. The molecule has 0 spiro atoms. The summed E-state index contributed by atoms with van der Waals surface area (Å²) < 4.78 is 13.1. The van der Waals surface area contributed by atoms with Gasteiger partial charge in [0.2, 0.25) is 5.95 Å². The first-order valence-electron chi connectivity index (χ1n) is 9.07. The van der Waals surface area contributed by atoms with Crippen molar-refractivity contribution in [3.8, 4) is 0 Å². The molecule has 6 nitrogen and oxygen atoms in total. The molecule has 2 aliphatic heterocycles. The highest BCUT2D eigenvalue weighted by atomic mass is 19.1. The van der Waals surface area contributed by atoms with Gasteiger partial charge in [0.05, 0.1) is 5.56 Å². The van der Waals surface area contributed by atoms with E-state index in [1.807, 2.05) is 4.90 Å². The SMILES string of the molecule is O=C(c1cnc(N2CCCC2)nc1)N1CCN(c2ccc(F)cc2)CC1. The van der Waals surface area contributed by atoms with Crippen LogP contribution < -0.4 is 9.80 Å². The van der Waals surface area contributed by atoms with Gasteiger partial charge in [0, 0.05) is 57.3 Å². The summed E-state index contributed by atoms with van der Waals surface area (Å²) >= 11 is 0. The van der Waals surface area contributed by atoms with Gasteiger partial charge in [0.15, 0.2) is 0 Å². The molecule has 4 rings (SSSR count). The van der Waals surface area contributed by atoms with Crippen LogP contribution in [0.4, 0.5) is 16.0 Å². The van der Waals surface area contributed by atoms with Crippen molar-refractivity contribution < 1.29 is 9.18 Å². The Bertz CT molecular complexity index is 751. The molecule has 0 saturated carbocycles. The van der Waals surface area contributed by atoms with Crippen molar-refractivity contribution in [3.63, 3.8) is 0 Å². The lowest BCUT2D eigenvalue weighted by Crippen LogP contribution is -2.48. The lowest BCUT2D eigenvalue weighted by molar-refractivity contribution is 0.0746. The fraction of sp³-hybridized carbons (Fsp3) is 0.421. The van der Waals surface area contributed by atoms with E-state index in [1.54, 1.807) is 24.5 Å². The molecule has 136 valence electrons. The van der Waals surface area contributed by atoms with Gasteiger partial charge in [-0.05, 0) is 37.1 Å². The Morgan fingerprint density at radius 3 is 2.08 bits per heavy atom. The van der Waals surface area contributed by atoms with E-state index in [2.05, 4.69) is 19.8 Å². The van der Waals surface area contributed by atoms with Gasteiger partial charge in [-0.3, -0.25) is 4.79 Å². The first-order valence-corrected chi connectivity index (χ1v) is 9.07. The number of hydrogen-bond donors (Lipinski definition) is 0. The van der Waals surface area contributed by atoms with Crippen molar-refractivity contribution in [2.24, 2.45) is 0 Å². The van der Waals surface area contributed by atoms with E-state index in [-0.39, 0.29) is 11.7 Å². The average Bonchev–Trinajstić information content (AvgIpc) is 3.23. The molecular formula is C19H22FN5O. The van der Waals surface area contributed by atoms with Crippen LogP contribution in [0, 0.1) is 5.82 Å². The molecule has 7 heteroatoms. The standard InChI is InChI=1S/C19H22FN5O/c20-16-3-5-17(6-4-16)23-9-11-24(12-10-23)18(26)15-13-21-19(22-14-15)25-7-1-2-8-25/h3-6,13-14H,1-2,7-12H2. The molecule has 1 aromatic carbocycles. The van der Waals surface area contributed by atoms with E-state index in [0.29, 0.717) is 24.6 Å². The zero-order valence-electron chi connectivity index (χ0n) is 14.6. The molecule has 2 fully saturated rings. The van der Waals surface area contributed by atoms with Crippen molar-refractivity contribution in [2.45, 2.75) is 12.8 Å². The molecule has 0 unspecified atom stereocenters. The summed E-state index contributed by atoms with van der Waals surface area (Å²) in [7, 11) is 0. The van der Waals surface area contributed by atoms with Crippen LogP contribution in [0.2, 0.25) is 0 Å². The summed E-state index contributed by atoms with van der Waals surface area (Å²) in [5, 5.41) is 0. The van der Waals surface area contributed by atoms with Gasteiger partial charge in [-0.15, -0.1) is 0 Å². The number of benzene rings is 1. The Morgan fingerprint density at radius 2 is 1.46 bits per heavy atom. The fourth-order valence-corrected chi connectivity index (χ4v) is 3.51. The smallest absolute Gasteiger partial charge is 0.257 e. The number of anilines is 2. The van der Waals surface area contributed by atoms with Crippen molar-refractivity contribution >= 4 is 17.5 Å². The third-order valence-electron chi connectivity index (χ3n) is 5.03. The second kappa shape index (κ2) is 7.27. The Labute approximate surface area is 152 Å². The number of carbonyl (C=O) groups is 1. The summed E-state index contributed by atoms with van der Waals surface area (Å²) in [6.45, 7) is 4.68. The molecule has 0 atom stereocenters. The van der Waals surface area contributed by atoms with Crippen molar-refractivity contribution in [1.29, 1.82) is 0 Å². The molecule has 0 bridgehead atoms. The van der Waals surface area contributed by atoms with Gasteiger partial charge >= 0.3 is 0 Å². The second-order valence-corrected chi connectivity index (χ2v) is 6.72. The van der Waals surface area contributed by atoms with Gasteiger partial charge in [-0.2, -0.15) is 0 Å². The normalized spacial score (nSPS) is 17.7. The molecule has 3 heterocycles. The quantitative estimate of drug-likeness (QED) is 0.845. The second-order valence-electron chi connectivity index (χ2n) is 6.72. The van der Waals surface area contributed by atoms with E-state index < -0.39 is 0 Å². The lowest BCUT2D eigenvalue weighted by Gasteiger charge is -2.36. The van der Waals surface area contributed by atoms with Crippen molar-refractivity contribution in [3.05, 3.63) is 48.0 Å². The highest BCUT2D eigenvalue weighted by molar-refractivity contribution is 5.93. The monoisotopic (exact) mass is 355 g/mol. The van der Waals surface area contributed by atoms with E-state index in [9.17, 15) is 9.18 Å². The van der Waals surface area contributed by atoms with Gasteiger partial charge < -0.3 is 14.7 Å². The molecular weight excluding hydrogens is 333 g/mol. The van der Waals surface area contributed by atoms with Gasteiger partial charge in [0.25, 0.3) is 5.91 Å². The van der Waals surface area contributed by atoms with Crippen molar-refractivity contribution in [2.75, 3.05) is 49.1 Å². The number of nitrogens with zero attached hydrogens (tertiary/aromatic N) is 5. The number of halogens is 1. The van der Waals surface area contributed by atoms with E-state index >= 15 is 0 Å². The number of amides is 1. The molecule has 1 aromatic heterocycles. The lowest BCUT2D eigenvalue weighted by atomic mass is 10.2. The Hall–Kier alpha value is -2.70. The van der Waals surface area contributed by atoms with Crippen LogP contribution in [-0.2, 0) is 0 Å². The van der Waals surface area contributed by atoms with Crippen molar-refractivity contribution in [1.82, 2.24) is 14.9 Å². The highest BCUT2D eigenvalue weighted by Gasteiger charge is 2.23. The fourth-order valence-electron chi connectivity index (χ4n) is 3.51. The Balaban J connectivity index is 1.36. The third-order valence-corrected chi connectivity index (χ3v) is 5.03. The summed E-state index contributed by atoms with van der Waals surface area (Å²) in [5.74, 6) is 0.442. The van der Waals surface area contributed by atoms with Crippen LogP contribution in [0.3, 0.4) is 0 Å².